The van der Waals surface area contributed by atoms with Gasteiger partial charge in [0.25, 0.3) is 0 Å². The maximum Gasteiger partial charge on any atom is 0.0299 e. The summed E-state index contributed by atoms with van der Waals surface area (Å²) >= 11 is 3.25. The third-order valence-electron chi connectivity index (χ3n) is 0.859. The minimum atomic E-state index is 0.727. The van der Waals surface area contributed by atoms with Crippen molar-refractivity contribution >= 4 is 15.9 Å². The van der Waals surface area contributed by atoms with Crippen molar-refractivity contribution in [3.05, 3.63) is 5.33 Å². The Bertz CT molecular complexity index is 23.1. The van der Waals surface area contributed by atoms with E-state index in [0.717, 1.165) is 5.92 Å². The quantitative estimate of drug-likeness (QED) is 0.567. The van der Waals surface area contributed by atoms with Crippen LogP contribution in [0.25, 0.3) is 0 Å². The number of rotatable bonds is 2. The maximum atomic E-state index is 3.25. The molecule has 0 rings (SSSR count). The topological polar surface area (TPSA) is 0 Å². The molecule has 0 saturated carbocycles. The molecule has 0 nitrogen and oxygen atoms in total. The van der Waals surface area contributed by atoms with Gasteiger partial charge >= 0.3 is 0 Å². The van der Waals surface area contributed by atoms with Gasteiger partial charge in [-0.05, 0) is 5.92 Å². The summed E-state index contributed by atoms with van der Waals surface area (Å²) < 4.78 is 0. The Kier molecular flexibility index (Phi) is 3.96. The average Bonchev–Trinajstić information content (AvgIpc) is 1.65. The molecule has 0 aromatic rings. The lowest BCUT2D eigenvalue weighted by Gasteiger charge is -1.96. The predicted molar refractivity (Wildman–Crippen MR) is 32.7 cm³/mol. The molecule has 37 valence electrons. The Morgan fingerprint density at radius 3 is 2.33 bits per heavy atom. The SMILES string of the molecule is CCC(C)[CH]Br. The lowest BCUT2D eigenvalue weighted by atomic mass is 10.2. The van der Waals surface area contributed by atoms with Gasteiger partial charge in [-0.2, -0.15) is 0 Å². The first kappa shape index (κ1) is 6.48. The Balaban J connectivity index is 2.75. The highest BCUT2D eigenvalue weighted by molar-refractivity contribution is 9.10. The summed E-state index contributed by atoms with van der Waals surface area (Å²) in [6, 6.07) is 0. The zero-order valence-corrected chi connectivity index (χ0v) is 5.83. The molecule has 1 unspecified atom stereocenters. The van der Waals surface area contributed by atoms with Crippen molar-refractivity contribution in [1.29, 1.82) is 0 Å². The normalized spacial score (nSPS) is 14.5. The van der Waals surface area contributed by atoms with Crippen molar-refractivity contribution in [2.45, 2.75) is 20.3 Å². The predicted octanol–water partition coefficient (Wildman–Crippen LogP) is 2.59. The number of halogens is 1. The van der Waals surface area contributed by atoms with Crippen LogP contribution in [0.1, 0.15) is 20.3 Å². The van der Waals surface area contributed by atoms with Gasteiger partial charge in [0.05, 0.1) is 0 Å². The average molecular weight is 150 g/mol. The van der Waals surface area contributed by atoms with Crippen LogP contribution < -0.4 is 0 Å². The Morgan fingerprint density at radius 1 is 1.83 bits per heavy atom. The van der Waals surface area contributed by atoms with Crippen molar-refractivity contribution in [2.75, 3.05) is 0 Å². The van der Waals surface area contributed by atoms with Gasteiger partial charge in [0, 0.05) is 5.33 Å². The van der Waals surface area contributed by atoms with Gasteiger partial charge in [0.15, 0.2) is 0 Å². The molecular weight excluding hydrogens is 140 g/mol. The molecule has 6 heavy (non-hydrogen) atoms. The fraction of sp³-hybridized carbons (Fsp3) is 0.800. The first-order valence-electron chi connectivity index (χ1n) is 2.24. The van der Waals surface area contributed by atoms with Gasteiger partial charge < -0.3 is 0 Å². The van der Waals surface area contributed by atoms with Crippen molar-refractivity contribution in [3.8, 4) is 0 Å². The van der Waals surface area contributed by atoms with Crippen molar-refractivity contribution in [3.63, 3.8) is 0 Å². The number of hydrogen-bond acceptors (Lipinski definition) is 0. The van der Waals surface area contributed by atoms with Gasteiger partial charge in [-0.1, -0.05) is 36.2 Å². The minimum absolute atomic E-state index is 0.727. The third-order valence-corrected chi connectivity index (χ3v) is 1.76. The molecule has 1 atom stereocenters. The molecule has 0 amide bonds. The van der Waals surface area contributed by atoms with Crippen LogP contribution in [0.15, 0.2) is 0 Å². The molecule has 1 heteroatoms. The molecule has 0 aliphatic heterocycles. The summed E-state index contributed by atoms with van der Waals surface area (Å²) in [6.45, 7) is 4.34. The maximum absolute atomic E-state index is 3.25. The van der Waals surface area contributed by atoms with Gasteiger partial charge in [-0.15, -0.1) is 0 Å². The Hall–Kier alpha value is 0.480. The van der Waals surface area contributed by atoms with E-state index >= 15 is 0 Å². The largest absolute Gasteiger partial charge is 0.0876 e. The first-order chi connectivity index (χ1) is 2.81. The highest BCUT2D eigenvalue weighted by Crippen LogP contribution is 2.08. The lowest BCUT2D eigenvalue weighted by Crippen LogP contribution is -1.83. The van der Waals surface area contributed by atoms with E-state index in [2.05, 4.69) is 29.8 Å². The molecule has 0 bridgehead atoms. The van der Waals surface area contributed by atoms with Gasteiger partial charge in [-0.3, -0.25) is 0 Å². The Morgan fingerprint density at radius 2 is 2.33 bits per heavy atom. The second kappa shape index (κ2) is 3.66. The molecule has 0 N–H and O–H groups in total. The summed E-state index contributed by atoms with van der Waals surface area (Å²) in [5.41, 5.74) is 0. The van der Waals surface area contributed by atoms with E-state index in [1.54, 1.807) is 0 Å². The zero-order chi connectivity index (χ0) is 4.99. The smallest absolute Gasteiger partial charge is 0.0299 e. The molecule has 0 aliphatic rings. The van der Waals surface area contributed by atoms with E-state index in [0.29, 0.717) is 0 Å². The van der Waals surface area contributed by atoms with Gasteiger partial charge in [0.2, 0.25) is 0 Å². The van der Waals surface area contributed by atoms with Crippen molar-refractivity contribution in [1.82, 2.24) is 0 Å². The highest BCUT2D eigenvalue weighted by atomic mass is 79.9. The van der Waals surface area contributed by atoms with Gasteiger partial charge in [0.1, 0.15) is 0 Å². The summed E-state index contributed by atoms with van der Waals surface area (Å²) in [4.78, 5) is 0. The highest BCUT2D eigenvalue weighted by Gasteiger charge is 1.90. The molecule has 0 heterocycles. The zero-order valence-electron chi connectivity index (χ0n) is 4.24. The monoisotopic (exact) mass is 149 g/mol. The second-order valence-electron chi connectivity index (χ2n) is 1.51. The fourth-order valence-corrected chi connectivity index (χ4v) is 0.463. The van der Waals surface area contributed by atoms with Crippen LogP contribution in [-0.2, 0) is 0 Å². The van der Waals surface area contributed by atoms with E-state index in [1.165, 1.54) is 6.42 Å². The summed E-state index contributed by atoms with van der Waals surface area (Å²) in [5, 5.41) is 2.03. The molecule has 0 fully saturated rings. The summed E-state index contributed by atoms with van der Waals surface area (Å²) in [5.74, 6) is 0.727. The molecule has 0 aromatic heterocycles. The molecule has 0 aromatic carbocycles. The Labute approximate surface area is 48.1 Å². The first-order valence-corrected chi connectivity index (χ1v) is 3.16. The van der Waals surface area contributed by atoms with Crippen LogP contribution in [0.2, 0.25) is 0 Å². The van der Waals surface area contributed by atoms with Crippen LogP contribution in [0, 0.1) is 11.2 Å². The van der Waals surface area contributed by atoms with Crippen molar-refractivity contribution in [2.24, 2.45) is 5.92 Å². The van der Waals surface area contributed by atoms with Crippen molar-refractivity contribution < 1.29 is 0 Å². The summed E-state index contributed by atoms with van der Waals surface area (Å²) in [7, 11) is 0. The van der Waals surface area contributed by atoms with E-state index in [9.17, 15) is 0 Å². The molecule has 0 aliphatic carbocycles. The van der Waals surface area contributed by atoms with E-state index < -0.39 is 0 Å². The third kappa shape index (κ3) is 2.70. The minimum Gasteiger partial charge on any atom is -0.0876 e. The summed E-state index contributed by atoms with van der Waals surface area (Å²) in [6.07, 6.45) is 1.23. The van der Waals surface area contributed by atoms with Crippen LogP contribution in [0.3, 0.4) is 0 Å². The molecule has 0 spiro atoms. The lowest BCUT2D eigenvalue weighted by molar-refractivity contribution is 0.685. The van der Waals surface area contributed by atoms with Crippen LogP contribution in [-0.4, -0.2) is 0 Å². The van der Waals surface area contributed by atoms with Crippen LogP contribution in [0.5, 0.6) is 0 Å². The molecule has 1 radical (unpaired) electrons. The molecular formula is C5H10Br. The van der Waals surface area contributed by atoms with E-state index in [4.69, 9.17) is 0 Å². The van der Waals surface area contributed by atoms with Gasteiger partial charge in [-0.25, -0.2) is 0 Å². The molecule has 0 saturated heterocycles. The van der Waals surface area contributed by atoms with E-state index in [1.807, 2.05) is 5.33 Å². The second-order valence-corrected chi connectivity index (χ2v) is 2.04. The standard InChI is InChI=1S/C5H10Br/c1-3-5(2)4-6/h4-5H,3H2,1-2H3. The van der Waals surface area contributed by atoms with Crippen LogP contribution >= 0.6 is 15.9 Å². The fourth-order valence-electron chi connectivity index (χ4n) is 0.0891. The van der Waals surface area contributed by atoms with E-state index in [-0.39, 0.29) is 0 Å². The van der Waals surface area contributed by atoms with Crippen LogP contribution in [0.4, 0.5) is 0 Å². The number of hydrogen-bond donors (Lipinski definition) is 0.